The van der Waals surface area contributed by atoms with Crippen molar-refractivity contribution in [1.82, 2.24) is 4.98 Å². The average molecular weight is 206 g/mol. The Morgan fingerprint density at radius 1 is 1.54 bits per heavy atom. The molecule has 2 aromatic rings. The molecule has 4 heteroatoms. The van der Waals surface area contributed by atoms with Crippen LogP contribution in [0.2, 0.25) is 0 Å². The van der Waals surface area contributed by atoms with Gasteiger partial charge in [0.05, 0.1) is 15.2 Å². The molecule has 2 nitrogen and oxygen atoms in total. The molecule has 1 heterocycles. The smallest absolute Gasteiger partial charge is 0.138 e. The Balaban J connectivity index is 2.69. The highest BCUT2D eigenvalue weighted by Crippen LogP contribution is 2.29. The van der Waals surface area contributed by atoms with E-state index in [1.54, 1.807) is 11.3 Å². The van der Waals surface area contributed by atoms with Crippen LogP contribution in [0.5, 0.6) is 0 Å². The Morgan fingerprint density at radius 2 is 2.38 bits per heavy atom. The van der Waals surface area contributed by atoms with Gasteiger partial charge in [-0.1, -0.05) is 6.07 Å². The molecular weight excluding hydrogens is 200 g/mol. The molecule has 13 heavy (non-hydrogen) atoms. The number of hydrogen-bond donors (Lipinski definition) is 0. The number of aromatic nitrogens is 1. The maximum absolute atomic E-state index is 8.57. The summed E-state index contributed by atoms with van der Waals surface area (Å²) in [7, 11) is 0. The minimum absolute atomic E-state index is 0.948. The van der Waals surface area contributed by atoms with Crippen molar-refractivity contribution >= 4 is 33.3 Å². The molecule has 64 valence electrons. The number of aryl methyl sites for hydroxylation is 1. The average Bonchev–Trinajstić information content (AvgIpc) is 2.47. The molecular formula is C9H6N2S2. The van der Waals surface area contributed by atoms with Gasteiger partial charge in [-0.2, -0.15) is 5.26 Å². The van der Waals surface area contributed by atoms with Gasteiger partial charge in [-0.25, -0.2) is 4.98 Å². The van der Waals surface area contributed by atoms with E-state index < -0.39 is 0 Å². The maximum atomic E-state index is 8.57. The molecule has 2 rings (SSSR count). The van der Waals surface area contributed by atoms with Gasteiger partial charge in [0, 0.05) is 4.90 Å². The summed E-state index contributed by atoms with van der Waals surface area (Å²) in [5.41, 5.74) is 0.955. The van der Waals surface area contributed by atoms with Gasteiger partial charge in [0.25, 0.3) is 0 Å². The summed E-state index contributed by atoms with van der Waals surface area (Å²) < 4.78 is 1.15. The third kappa shape index (κ3) is 1.53. The zero-order chi connectivity index (χ0) is 9.26. The van der Waals surface area contributed by atoms with Gasteiger partial charge in [-0.3, -0.25) is 0 Å². The lowest BCUT2D eigenvalue weighted by Crippen LogP contribution is -1.73. The summed E-state index contributed by atoms with van der Waals surface area (Å²) in [6.07, 6.45) is 0. The molecule has 0 aliphatic rings. The molecule has 0 saturated heterocycles. The highest BCUT2D eigenvalue weighted by molar-refractivity contribution is 8.04. The second-order valence-electron chi connectivity index (χ2n) is 2.53. The second-order valence-corrected chi connectivity index (χ2v) is 4.59. The summed E-state index contributed by atoms with van der Waals surface area (Å²) in [4.78, 5) is 5.33. The fraction of sp³-hybridized carbons (Fsp3) is 0.111. The lowest BCUT2D eigenvalue weighted by atomic mass is 10.3. The molecule has 0 amide bonds. The van der Waals surface area contributed by atoms with Crippen LogP contribution in [-0.4, -0.2) is 4.98 Å². The van der Waals surface area contributed by atoms with Gasteiger partial charge in [0.15, 0.2) is 0 Å². The Kier molecular flexibility index (Phi) is 2.21. The quantitative estimate of drug-likeness (QED) is 0.531. The van der Waals surface area contributed by atoms with Crippen molar-refractivity contribution in [2.45, 2.75) is 11.8 Å². The number of thiocyanates is 1. The van der Waals surface area contributed by atoms with Crippen LogP contribution in [-0.2, 0) is 0 Å². The summed E-state index contributed by atoms with van der Waals surface area (Å²) in [5.74, 6) is 0. The number of nitriles is 1. The van der Waals surface area contributed by atoms with Crippen LogP contribution in [0.3, 0.4) is 0 Å². The van der Waals surface area contributed by atoms with E-state index in [0.29, 0.717) is 0 Å². The molecule has 0 spiro atoms. The lowest BCUT2D eigenvalue weighted by molar-refractivity contribution is 1.31. The molecule has 0 fully saturated rings. The zero-order valence-electron chi connectivity index (χ0n) is 6.94. The van der Waals surface area contributed by atoms with E-state index in [-0.39, 0.29) is 0 Å². The monoisotopic (exact) mass is 206 g/mol. The topological polar surface area (TPSA) is 36.7 Å². The van der Waals surface area contributed by atoms with Gasteiger partial charge >= 0.3 is 0 Å². The van der Waals surface area contributed by atoms with Gasteiger partial charge in [0.2, 0.25) is 0 Å². The van der Waals surface area contributed by atoms with Gasteiger partial charge in [-0.15, -0.1) is 11.3 Å². The van der Waals surface area contributed by atoms with Crippen molar-refractivity contribution in [3.63, 3.8) is 0 Å². The van der Waals surface area contributed by atoms with Crippen LogP contribution in [0, 0.1) is 17.6 Å². The molecule has 0 aliphatic carbocycles. The number of benzene rings is 1. The van der Waals surface area contributed by atoms with Crippen LogP contribution in [0.1, 0.15) is 5.01 Å². The first-order chi connectivity index (χ1) is 6.31. The maximum Gasteiger partial charge on any atom is 0.138 e. The van der Waals surface area contributed by atoms with E-state index >= 15 is 0 Å². The molecule has 1 aromatic carbocycles. The summed E-state index contributed by atoms with van der Waals surface area (Å²) in [5, 5.41) is 11.7. The second kappa shape index (κ2) is 3.36. The highest BCUT2D eigenvalue weighted by atomic mass is 32.2. The number of nitrogens with zero attached hydrogens (tertiary/aromatic N) is 2. The third-order valence-electron chi connectivity index (χ3n) is 1.64. The molecule has 0 saturated carbocycles. The highest BCUT2D eigenvalue weighted by Gasteiger charge is 2.05. The van der Waals surface area contributed by atoms with Crippen LogP contribution >= 0.6 is 23.1 Å². The molecule has 1 aromatic heterocycles. The number of para-hydroxylation sites is 1. The van der Waals surface area contributed by atoms with Crippen molar-refractivity contribution in [3.05, 3.63) is 23.2 Å². The van der Waals surface area contributed by atoms with Gasteiger partial charge in [0.1, 0.15) is 5.40 Å². The number of thioether (sulfide) groups is 1. The van der Waals surface area contributed by atoms with E-state index in [0.717, 1.165) is 20.1 Å². The van der Waals surface area contributed by atoms with Crippen LogP contribution in [0.25, 0.3) is 10.2 Å². The third-order valence-corrected chi connectivity index (χ3v) is 3.22. The molecule has 0 atom stereocenters. The van der Waals surface area contributed by atoms with Crippen molar-refractivity contribution in [2.75, 3.05) is 0 Å². The predicted octanol–water partition coefficient (Wildman–Crippen LogP) is 3.18. The molecule has 0 unspecified atom stereocenters. The number of hydrogen-bond acceptors (Lipinski definition) is 4. The van der Waals surface area contributed by atoms with Crippen molar-refractivity contribution in [3.8, 4) is 5.40 Å². The molecule has 0 N–H and O–H groups in total. The fourth-order valence-corrected chi connectivity index (χ4v) is 2.58. The van der Waals surface area contributed by atoms with Crippen molar-refractivity contribution in [2.24, 2.45) is 0 Å². The van der Waals surface area contributed by atoms with E-state index in [2.05, 4.69) is 10.4 Å². The van der Waals surface area contributed by atoms with Gasteiger partial charge in [-0.05, 0) is 30.8 Å². The molecule has 0 bridgehead atoms. The Hall–Kier alpha value is -1.05. The van der Waals surface area contributed by atoms with Crippen molar-refractivity contribution < 1.29 is 0 Å². The Labute approximate surface area is 84.2 Å². The summed E-state index contributed by atoms with van der Waals surface area (Å²) in [6.45, 7) is 1.98. The number of thiazole rings is 1. The number of fused-ring (bicyclic) bond motifs is 1. The molecule has 0 radical (unpaired) electrons. The first-order valence-electron chi connectivity index (χ1n) is 3.73. The minimum atomic E-state index is 0.948. The standard InChI is InChI=1S/C9H6N2S2/c1-6-11-9-7(12-5-10)3-2-4-8(9)13-6/h2-4H,1H3. The van der Waals surface area contributed by atoms with E-state index in [1.807, 2.05) is 25.1 Å². The number of rotatable bonds is 1. The minimum Gasteiger partial charge on any atom is -0.240 e. The first kappa shape index (κ1) is 8.54. The Morgan fingerprint density at radius 3 is 3.15 bits per heavy atom. The van der Waals surface area contributed by atoms with E-state index in [4.69, 9.17) is 5.26 Å². The largest absolute Gasteiger partial charge is 0.240 e. The normalized spacial score (nSPS) is 10.2. The fourth-order valence-electron chi connectivity index (χ4n) is 1.17. The van der Waals surface area contributed by atoms with E-state index in [9.17, 15) is 0 Å². The van der Waals surface area contributed by atoms with Crippen molar-refractivity contribution in [1.29, 1.82) is 5.26 Å². The first-order valence-corrected chi connectivity index (χ1v) is 5.36. The summed E-state index contributed by atoms with van der Waals surface area (Å²) >= 11 is 2.83. The molecule has 0 aliphatic heterocycles. The van der Waals surface area contributed by atoms with Crippen LogP contribution < -0.4 is 0 Å². The summed E-state index contributed by atoms with van der Waals surface area (Å²) in [6, 6.07) is 5.91. The lowest BCUT2D eigenvalue weighted by Gasteiger charge is -1.92. The van der Waals surface area contributed by atoms with Gasteiger partial charge < -0.3 is 0 Å². The van der Waals surface area contributed by atoms with Crippen LogP contribution in [0.15, 0.2) is 23.1 Å². The van der Waals surface area contributed by atoms with E-state index in [1.165, 1.54) is 11.8 Å². The SMILES string of the molecule is Cc1nc2c(SC#N)cccc2s1. The predicted molar refractivity (Wildman–Crippen MR) is 55.8 cm³/mol. The Bertz CT molecular complexity index is 482. The van der Waals surface area contributed by atoms with Crippen LogP contribution in [0.4, 0.5) is 0 Å². The zero-order valence-corrected chi connectivity index (χ0v) is 8.58.